The molecule has 0 aliphatic rings. The topological polar surface area (TPSA) is 60.4 Å². The van der Waals surface area contributed by atoms with Gasteiger partial charge in [-0.1, -0.05) is 11.3 Å². The van der Waals surface area contributed by atoms with E-state index in [0.29, 0.717) is 5.01 Å². The molecule has 22 heavy (non-hydrogen) atoms. The van der Waals surface area contributed by atoms with Crippen molar-refractivity contribution in [1.29, 1.82) is 0 Å². The lowest BCUT2D eigenvalue weighted by Gasteiger charge is -2.02. The average molecular weight is 361 g/mol. The van der Waals surface area contributed by atoms with Crippen molar-refractivity contribution >= 4 is 44.2 Å². The zero-order valence-electron chi connectivity index (χ0n) is 11.2. The highest BCUT2D eigenvalue weighted by Crippen LogP contribution is 2.35. The van der Waals surface area contributed by atoms with Crippen LogP contribution in [-0.2, 0) is 5.38 Å². The molecule has 114 valence electrons. The Kier molecular flexibility index (Phi) is 2.81. The second-order valence-corrected chi connectivity index (χ2v) is 6.93. The van der Waals surface area contributed by atoms with Gasteiger partial charge in [0.05, 0.1) is 5.69 Å². The number of halogens is 3. The van der Waals surface area contributed by atoms with Gasteiger partial charge in [0.15, 0.2) is 9.97 Å². The first-order valence-electron chi connectivity index (χ1n) is 6.09. The highest BCUT2D eigenvalue weighted by Gasteiger charge is 2.36. The molecule has 0 aliphatic carbocycles. The fraction of sp³-hybridized carbons (Fsp3) is 0.273. The van der Waals surface area contributed by atoms with E-state index < -0.39 is 11.2 Å². The molecule has 6 nitrogen and oxygen atoms in total. The maximum Gasteiger partial charge on any atom is 0.383 e. The number of imidazole rings is 1. The molecule has 0 saturated heterocycles. The van der Waals surface area contributed by atoms with Crippen molar-refractivity contribution in [2.24, 2.45) is 0 Å². The van der Waals surface area contributed by atoms with Gasteiger partial charge in [-0.15, -0.1) is 21.5 Å². The minimum atomic E-state index is -3.62. The highest BCUT2D eigenvalue weighted by molar-refractivity contribution is 7.20. The maximum absolute atomic E-state index is 13.3. The molecule has 4 aromatic rings. The van der Waals surface area contributed by atoms with Crippen molar-refractivity contribution in [1.82, 2.24) is 29.2 Å². The molecule has 0 aromatic carbocycles. The first-order valence-corrected chi connectivity index (χ1v) is 8.16. The van der Waals surface area contributed by atoms with Crippen molar-refractivity contribution in [2.75, 3.05) is 0 Å². The Balaban J connectivity index is 1.99. The molecule has 0 unspecified atom stereocenters. The molecule has 0 saturated carbocycles. The number of rotatable bonds is 2. The van der Waals surface area contributed by atoms with Crippen LogP contribution < -0.4 is 0 Å². The van der Waals surface area contributed by atoms with E-state index in [-0.39, 0.29) is 4.96 Å². The van der Waals surface area contributed by atoms with Gasteiger partial charge in [-0.3, -0.25) is 4.40 Å². The number of hydrogen-bond acceptors (Lipinski definition) is 6. The standard InChI is InChI=1S/C11H7ClF2N6S2/c1-4-3-21-9-15-5(2)6(19(4)9)7-18-20-8(11(12,13)14)16-17-10(20)22-7/h3H,1-2H3. The van der Waals surface area contributed by atoms with Crippen LogP contribution in [0.1, 0.15) is 17.2 Å². The van der Waals surface area contributed by atoms with Crippen LogP contribution in [0.3, 0.4) is 0 Å². The third-order valence-corrected chi connectivity index (χ3v) is 5.17. The van der Waals surface area contributed by atoms with Crippen molar-refractivity contribution in [3.8, 4) is 10.7 Å². The van der Waals surface area contributed by atoms with Crippen LogP contribution in [0, 0.1) is 13.8 Å². The van der Waals surface area contributed by atoms with Crippen molar-refractivity contribution in [2.45, 2.75) is 19.2 Å². The molecule has 0 radical (unpaired) electrons. The molecule has 0 fully saturated rings. The molecule has 0 N–H and O–H groups in total. The van der Waals surface area contributed by atoms with Crippen LogP contribution in [0.5, 0.6) is 0 Å². The number of thiazole rings is 1. The lowest BCUT2D eigenvalue weighted by molar-refractivity contribution is 0.0821. The summed E-state index contributed by atoms with van der Waals surface area (Å²) in [5, 5.41) is 10.2. The van der Waals surface area contributed by atoms with Crippen molar-refractivity contribution < 1.29 is 8.78 Å². The summed E-state index contributed by atoms with van der Waals surface area (Å²) in [6.45, 7) is 3.81. The number of alkyl halides is 3. The van der Waals surface area contributed by atoms with Crippen molar-refractivity contribution in [3.05, 3.63) is 22.6 Å². The minimum Gasteiger partial charge on any atom is -0.285 e. The third kappa shape index (κ3) is 1.87. The normalized spacial score (nSPS) is 12.8. The zero-order chi connectivity index (χ0) is 15.6. The lowest BCUT2D eigenvalue weighted by atomic mass is 10.3. The van der Waals surface area contributed by atoms with E-state index in [4.69, 9.17) is 11.6 Å². The van der Waals surface area contributed by atoms with Crippen LogP contribution in [0.15, 0.2) is 5.38 Å². The van der Waals surface area contributed by atoms with Crippen molar-refractivity contribution in [3.63, 3.8) is 0 Å². The number of nitrogens with zero attached hydrogens (tertiary/aromatic N) is 6. The van der Waals surface area contributed by atoms with Gasteiger partial charge in [-0.05, 0) is 25.4 Å². The van der Waals surface area contributed by atoms with Gasteiger partial charge in [-0.2, -0.15) is 18.4 Å². The van der Waals surface area contributed by atoms with Gasteiger partial charge in [0.2, 0.25) is 10.8 Å². The predicted molar refractivity (Wildman–Crippen MR) is 79.9 cm³/mol. The van der Waals surface area contributed by atoms with Crippen LogP contribution in [0.2, 0.25) is 0 Å². The van der Waals surface area contributed by atoms with Gasteiger partial charge >= 0.3 is 5.38 Å². The summed E-state index contributed by atoms with van der Waals surface area (Å²) in [7, 11) is 0. The Labute approximate surface area is 135 Å². The van der Waals surface area contributed by atoms with Gasteiger partial charge in [0.25, 0.3) is 0 Å². The quantitative estimate of drug-likeness (QED) is 0.513. The summed E-state index contributed by atoms with van der Waals surface area (Å²) in [6, 6.07) is 0. The first-order chi connectivity index (χ1) is 10.4. The summed E-state index contributed by atoms with van der Waals surface area (Å²) in [5.41, 5.74) is 2.55. The minimum absolute atomic E-state index is 0.257. The molecule has 4 heterocycles. The maximum atomic E-state index is 13.3. The predicted octanol–water partition coefficient (Wildman–Crippen LogP) is 3.47. The Morgan fingerprint density at radius 1 is 1.23 bits per heavy atom. The number of aryl methyl sites for hydroxylation is 2. The van der Waals surface area contributed by atoms with Crippen LogP contribution in [0.25, 0.3) is 20.6 Å². The molecule has 4 aromatic heterocycles. The Morgan fingerprint density at radius 3 is 2.73 bits per heavy atom. The van der Waals surface area contributed by atoms with Gasteiger partial charge in [0, 0.05) is 11.1 Å². The van der Waals surface area contributed by atoms with E-state index in [9.17, 15) is 8.78 Å². The summed E-state index contributed by atoms with van der Waals surface area (Å²) >= 11 is 7.72. The average Bonchev–Trinajstić information content (AvgIpc) is 3.09. The second kappa shape index (κ2) is 4.43. The van der Waals surface area contributed by atoms with Crippen LogP contribution in [-0.4, -0.2) is 29.2 Å². The fourth-order valence-corrected chi connectivity index (χ4v) is 4.20. The lowest BCUT2D eigenvalue weighted by Crippen LogP contribution is -2.10. The smallest absolute Gasteiger partial charge is 0.285 e. The summed E-state index contributed by atoms with van der Waals surface area (Å²) in [6.07, 6.45) is 0. The van der Waals surface area contributed by atoms with E-state index in [1.807, 2.05) is 23.6 Å². The van der Waals surface area contributed by atoms with Crippen LogP contribution >= 0.6 is 34.3 Å². The molecule has 0 amide bonds. The summed E-state index contributed by atoms with van der Waals surface area (Å²) in [4.78, 5) is 5.55. The molecule has 4 rings (SSSR count). The number of fused-ring (bicyclic) bond motifs is 2. The molecule has 0 bridgehead atoms. The Bertz CT molecular complexity index is 1010. The van der Waals surface area contributed by atoms with Gasteiger partial charge in [-0.25, -0.2) is 4.98 Å². The monoisotopic (exact) mass is 360 g/mol. The largest absolute Gasteiger partial charge is 0.383 e. The Morgan fingerprint density at radius 2 is 2.00 bits per heavy atom. The SMILES string of the molecule is Cc1nc2scc(C)n2c1-c1nn2c(C(F)(F)Cl)nnc2s1. The second-order valence-electron chi connectivity index (χ2n) is 4.66. The highest BCUT2D eigenvalue weighted by atomic mass is 35.5. The number of hydrogen-bond donors (Lipinski definition) is 0. The number of aromatic nitrogens is 6. The molecule has 0 spiro atoms. The Hall–Kier alpha value is -1.65. The van der Waals surface area contributed by atoms with E-state index in [2.05, 4.69) is 20.3 Å². The van der Waals surface area contributed by atoms with Gasteiger partial charge in [0.1, 0.15) is 5.69 Å². The molecular weight excluding hydrogens is 354 g/mol. The zero-order valence-corrected chi connectivity index (χ0v) is 13.6. The summed E-state index contributed by atoms with van der Waals surface area (Å²) in [5.74, 6) is -0.688. The molecule has 11 heteroatoms. The van der Waals surface area contributed by atoms with E-state index >= 15 is 0 Å². The molecule has 0 atom stereocenters. The van der Waals surface area contributed by atoms with E-state index in [1.54, 1.807) is 0 Å². The molecular formula is C11H7ClF2N6S2. The van der Waals surface area contributed by atoms with E-state index in [0.717, 1.165) is 37.9 Å². The first kappa shape index (κ1) is 14.0. The fourth-order valence-electron chi connectivity index (χ4n) is 2.24. The third-order valence-electron chi connectivity index (χ3n) is 3.16. The van der Waals surface area contributed by atoms with E-state index in [1.165, 1.54) is 11.3 Å². The van der Waals surface area contributed by atoms with Crippen LogP contribution in [0.4, 0.5) is 8.78 Å². The molecule has 0 aliphatic heterocycles. The summed E-state index contributed by atoms with van der Waals surface area (Å²) < 4.78 is 29.5. The van der Waals surface area contributed by atoms with Gasteiger partial charge < -0.3 is 0 Å².